The first-order valence-corrected chi connectivity index (χ1v) is 6.30. The molecule has 2 aromatic rings. The number of nitrogens with zero attached hydrogens (tertiary/aromatic N) is 3. The summed E-state index contributed by atoms with van der Waals surface area (Å²) in [5, 5.41) is 6.52. The molecule has 5 nitrogen and oxygen atoms in total. The fraction of sp³-hybridized carbons (Fsp3) is 0.100. The zero-order valence-corrected chi connectivity index (χ0v) is 11.8. The summed E-state index contributed by atoms with van der Waals surface area (Å²) >= 11 is 7.55. The van der Waals surface area contributed by atoms with Gasteiger partial charge in [-0.2, -0.15) is 0 Å². The number of carbonyl (C=O) groups excluding carboxylic acids is 1. The first kappa shape index (κ1) is 13.2. The molecule has 0 aliphatic rings. The SMILES string of the molecule is O=C(Cn1cnc(I)n1)Nc1ccc(F)c(Cl)c1. The van der Waals surface area contributed by atoms with Crippen LogP contribution < -0.4 is 5.32 Å². The van der Waals surface area contributed by atoms with Gasteiger partial charge in [-0.1, -0.05) is 11.6 Å². The Morgan fingerprint density at radius 2 is 2.33 bits per heavy atom. The standard InChI is InChI=1S/C10H7ClFIN4O/c11-7-3-6(1-2-8(7)12)15-9(18)4-17-5-14-10(13)16-17/h1-3,5H,4H2,(H,15,18). The van der Waals surface area contributed by atoms with Gasteiger partial charge in [-0.25, -0.2) is 14.1 Å². The van der Waals surface area contributed by atoms with Crippen LogP contribution in [-0.2, 0) is 11.3 Å². The Balaban J connectivity index is 2.00. The first-order valence-electron chi connectivity index (χ1n) is 4.84. The smallest absolute Gasteiger partial charge is 0.246 e. The van der Waals surface area contributed by atoms with Crippen LogP contribution in [0.3, 0.4) is 0 Å². The molecule has 0 unspecified atom stereocenters. The Morgan fingerprint density at radius 1 is 1.56 bits per heavy atom. The van der Waals surface area contributed by atoms with Crippen molar-refractivity contribution in [1.82, 2.24) is 14.8 Å². The molecule has 1 amide bonds. The number of hydrogen-bond acceptors (Lipinski definition) is 3. The molecule has 1 N–H and O–H groups in total. The molecular formula is C10H7ClFIN4O. The highest BCUT2D eigenvalue weighted by Gasteiger charge is 2.07. The maximum Gasteiger partial charge on any atom is 0.246 e. The molecule has 94 valence electrons. The minimum absolute atomic E-state index is 0.0327. The van der Waals surface area contributed by atoms with Crippen molar-refractivity contribution in [3.8, 4) is 0 Å². The van der Waals surface area contributed by atoms with Crippen molar-refractivity contribution in [3.63, 3.8) is 0 Å². The van der Waals surface area contributed by atoms with Crippen molar-refractivity contribution in [2.45, 2.75) is 6.54 Å². The van der Waals surface area contributed by atoms with E-state index in [4.69, 9.17) is 11.6 Å². The van der Waals surface area contributed by atoms with E-state index in [1.54, 1.807) is 0 Å². The summed E-state index contributed by atoms with van der Waals surface area (Å²) in [5.41, 5.74) is 0.432. The van der Waals surface area contributed by atoms with Gasteiger partial charge in [0.05, 0.1) is 5.02 Å². The summed E-state index contributed by atoms with van der Waals surface area (Å²) in [4.78, 5) is 15.5. The summed E-state index contributed by atoms with van der Waals surface area (Å²) < 4.78 is 14.9. The maximum absolute atomic E-state index is 12.9. The monoisotopic (exact) mass is 380 g/mol. The maximum atomic E-state index is 12.9. The number of nitrogens with one attached hydrogen (secondary N) is 1. The Morgan fingerprint density at radius 3 is 2.94 bits per heavy atom. The number of benzene rings is 1. The lowest BCUT2D eigenvalue weighted by Gasteiger charge is -2.05. The first-order chi connectivity index (χ1) is 8.54. The highest BCUT2D eigenvalue weighted by atomic mass is 127. The van der Waals surface area contributed by atoms with Gasteiger partial charge in [0.25, 0.3) is 0 Å². The van der Waals surface area contributed by atoms with Gasteiger partial charge in [-0.3, -0.25) is 4.79 Å². The molecule has 0 aliphatic heterocycles. The van der Waals surface area contributed by atoms with E-state index in [1.165, 1.54) is 29.2 Å². The Labute approximate surface area is 120 Å². The van der Waals surface area contributed by atoms with E-state index in [0.29, 0.717) is 9.52 Å². The predicted octanol–water partition coefficient (Wildman–Crippen LogP) is 2.31. The fourth-order valence-corrected chi connectivity index (χ4v) is 1.85. The second-order valence-corrected chi connectivity index (χ2v) is 4.76. The number of rotatable bonds is 3. The second-order valence-electron chi connectivity index (χ2n) is 3.39. The molecular weight excluding hydrogens is 373 g/mol. The van der Waals surface area contributed by atoms with Gasteiger partial charge < -0.3 is 5.32 Å². The van der Waals surface area contributed by atoms with Crippen molar-refractivity contribution >= 4 is 45.8 Å². The quantitative estimate of drug-likeness (QED) is 0.832. The van der Waals surface area contributed by atoms with Crippen LogP contribution in [0.2, 0.25) is 5.02 Å². The van der Waals surface area contributed by atoms with E-state index >= 15 is 0 Å². The van der Waals surface area contributed by atoms with Crippen molar-refractivity contribution in [2.24, 2.45) is 0 Å². The van der Waals surface area contributed by atoms with Crippen LogP contribution in [0, 0.1) is 9.65 Å². The van der Waals surface area contributed by atoms with E-state index in [-0.39, 0.29) is 17.5 Å². The van der Waals surface area contributed by atoms with E-state index in [9.17, 15) is 9.18 Å². The van der Waals surface area contributed by atoms with Crippen molar-refractivity contribution in [1.29, 1.82) is 0 Å². The van der Waals surface area contributed by atoms with Crippen LogP contribution in [0.1, 0.15) is 0 Å². The van der Waals surface area contributed by atoms with Gasteiger partial charge in [0.2, 0.25) is 9.74 Å². The number of amides is 1. The van der Waals surface area contributed by atoms with E-state index in [1.807, 2.05) is 22.6 Å². The number of aromatic nitrogens is 3. The highest BCUT2D eigenvalue weighted by molar-refractivity contribution is 14.1. The molecule has 1 aromatic heterocycles. The van der Waals surface area contributed by atoms with Gasteiger partial charge in [0.15, 0.2) is 0 Å². The Bertz CT molecular complexity index is 589. The molecule has 0 bridgehead atoms. The molecule has 18 heavy (non-hydrogen) atoms. The number of hydrogen-bond donors (Lipinski definition) is 1. The second kappa shape index (κ2) is 5.61. The Kier molecular flexibility index (Phi) is 4.12. The zero-order valence-electron chi connectivity index (χ0n) is 8.90. The molecule has 0 saturated carbocycles. The van der Waals surface area contributed by atoms with Gasteiger partial charge >= 0.3 is 0 Å². The van der Waals surface area contributed by atoms with Crippen molar-refractivity contribution < 1.29 is 9.18 Å². The van der Waals surface area contributed by atoms with Gasteiger partial charge in [-0.05, 0) is 18.2 Å². The largest absolute Gasteiger partial charge is 0.324 e. The summed E-state index contributed by atoms with van der Waals surface area (Å²) in [6.45, 7) is 0.0327. The molecule has 0 atom stereocenters. The lowest BCUT2D eigenvalue weighted by Crippen LogP contribution is -2.19. The van der Waals surface area contributed by atoms with Gasteiger partial charge in [-0.15, -0.1) is 5.10 Å². The van der Waals surface area contributed by atoms with Gasteiger partial charge in [0, 0.05) is 28.3 Å². The molecule has 1 aromatic carbocycles. The van der Waals surface area contributed by atoms with Crippen LogP contribution >= 0.6 is 34.2 Å². The summed E-state index contributed by atoms with van der Waals surface area (Å²) in [5.74, 6) is -0.820. The topological polar surface area (TPSA) is 59.8 Å². The average Bonchev–Trinajstić information content (AvgIpc) is 2.69. The van der Waals surface area contributed by atoms with Gasteiger partial charge in [0.1, 0.15) is 18.7 Å². The normalized spacial score (nSPS) is 10.4. The number of halogens is 3. The molecule has 8 heteroatoms. The fourth-order valence-electron chi connectivity index (χ4n) is 1.27. The third-order valence-corrected chi connectivity index (χ3v) is 2.80. The van der Waals surface area contributed by atoms with Crippen molar-refractivity contribution in [2.75, 3.05) is 5.32 Å². The summed E-state index contributed by atoms with van der Waals surface area (Å²) in [7, 11) is 0. The average molecular weight is 381 g/mol. The van der Waals surface area contributed by atoms with Crippen LogP contribution in [0.5, 0.6) is 0 Å². The summed E-state index contributed by atoms with van der Waals surface area (Å²) in [6.07, 6.45) is 1.46. The van der Waals surface area contributed by atoms with E-state index in [0.717, 1.165) is 0 Å². The van der Waals surface area contributed by atoms with Crippen LogP contribution in [0.15, 0.2) is 24.5 Å². The Hall–Kier alpha value is -1.22. The summed E-state index contributed by atoms with van der Waals surface area (Å²) in [6, 6.07) is 3.97. The minimum Gasteiger partial charge on any atom is -0.324 e. The van der Waals surface area contributed by atoms with Crippen LogP contribution in [-0.4, -0.2) is 20.7 Å². The third-order valence-electron chi connectivity index (χ3n) is 2.02. The van der Waals surface area contributed by atoms with E-state index < -0.39 is 5.82 Å². The highest BCUT2D eigenvalue weighted by Crippen LogP contribution is 2.19. The molecule has 0 aliphatic carbocycles. The molecule has 0 fully saturated rings. The van der Waals surface area contributed by atoms with E-state index in [2.05, 4.69) is 15.4 Å². The lowest BCUT2D eigenvalue weighted by atomic mass is 10.3. The third kappa shape index (κ3) is 3.39. The van der Waals surface area contributed by atoms with Crippen molar-refractivity contribution in [3.05, 3.63) is 39.2 Å². The number of anilines is 1. The lowest BCUT2D eigenvalue weighted by molar-refractivity contribution is -0.116. The zero-order chi connectivity index (χ0) is 13.1. The minimum atomic E-state index is -0.527. The predicted molar refractivity (Wildman–Crippen MR) is 72.8 cm³/mol. The molecule has 2 rings (SSSR count). The van der Waals surface area contributed by atoms with Crippen LogP contribution in [0.4, 0.5) is 10.1 Å². The molecule has 0 radical (unpaired) electrons. The van der Waals surface area contributed by atoms with Crippen LogP contribution in [0.25, 0.3) is 0 Å². The molecule has 0 saturated heterocycles. The molecule has 1 heterocycles. The number of carbonyl (C=O) groups is 1. The molecule has 0 spiro atoms.